The fraction of sp³-hybridized carbons (Fsp3) is 0.667. The molecule has 1 fully saturated rings. The van der Waals surface area contributed by atoms with Gasteiger partial charge in [0.05, 0.1) is 16.4 Å². The van der Waals surface area contributed by atoms with Crippen LogP contribution >= 0.6 is 11.3 Å². The van der Waals surface area contributed by atoms with Crippen molar-refractivity contribution >= 4 is 17.2 Å². The van der Waals surface area contributed by atoms with Crippen molar-refractivity contribution in [1.29, 1.82) is 0 Å². The van der Waals surface area contributed by atoms with Gasteiger partial charge < -0.3 is 4.90 Å². The minimum atomic E-state index is -0.0611. The number of hydrogen-bond donors (Lipinski definition) is 0. The van der Waals surface area contributed by atoms with Gasteiger partial charge in [0.25, 0.3) is 5.91 Å². The van der Waals surface area contributed by atoms with E-state index in [4.69, 9.17) is 4.98 Å². The first-order valence-corrected chi connectivity index (χ1v) is 10.8. The third kappa shape index (κ3) is 4.63. The summed E-state index contributed by atoms with van der Waals surface area (Å²) in [7, 11) is 1.85. The minimum Gasteiger partial charge on any atom is -0.335 e. The summed E-state index contributed by atoms with van der Waals surface area (Å²) in [5, 5.41) is 7.89. The zero-order valence-electron chi connectivity index (χ0n) is 18.2. The van der Waals surface area contributed by atoms with Gasteiger partial charge in [0, 0.05) is 56.0 Å². The van der Waals surface area contributed by atoms with E-state index >= 15 is 0 Å². The lowest BCUT2D eigenvalue weighted by molar-refractivity contribution is 0.0616. The molecule has 154 valence electrons. The van der Waals surface area contributed by atoms with Crippen molar-refractivity contribution in [2.45, 2.75) is 58.9 Å². The van der Waals surface area contributed by atoms with Gasteiger partial charge in [-0.2, -0.15) is 5.10 Å². The van der Waals surface area contributed by atoms with Crippen LogP contribution < -0.4 is 0 Å². The summed E-state index contributed by atoms with van der Waals surface area (Å²) < 4.78 is 1.72. The highest BCUT2D eigenvalue weighted by molar-refractivity contribution is 7.09. The Morgan fingerprint density at radius 3 is 2.21 bits per heavy atom. The molecule has 28 heavy (non-hydrogen) atoms. The molecule has 6 nitrogen and oxygen atoms in total. The largest absolute Gasteiger partial charge is 0.335 e. The number of rotatable bonds is 3. The molecule has 1 amide bonds. The van der Waals surface area contributed by atoms with Crippen LogP contribution in [0.5, 0.6) is 0 Å². The van der Waals surface area contributed by atoms with Crippen LogP contribution in [0.15, 0.2) is 11.4 Å². The molecule has 7 heteroatoms. The predicted octanol–water partition coefficient (Wildman–Crippen LogP) is 3.43. The first kappa shape index (κ1) is 21.0. The molecule has 3 heterocycles. The highest BCUT2D eigenvalue weighted by atomic mass is 32.1. The van der Waals surface area contributed by atoms with Crippen molar-refractivity contribution in [1.82, 2.24) is 24.6 Å². The maximum atomic E-state index is 13.0. The molecule has 0 radical (unpaired) electrons. The van der Waals surface area contributed by atoms with Gasteiger partial charge in [0.2, 0.25) is 0 Å². The molecule has 0 aromatic carbocycles. The second-order valence-electron chi connectivity index (χ2n) is 9.75. The molecule has 0 atom stereocenters. The molecular weight excluding hydrogens is 370 g/mol. The summed E-state index contributed by atoms with van der Waals surface area (Å²) in [5.74, 6) is 0.0776. The van der Waals surface area contributed by atoms with Crippen molar-refractivity contribution in [3.8, 4) is 0 Å². The number of amides is 1. The summed E-state index contributed by atoms with van der Waals surface area (Å²) in [6.45, 7) is 17.0. The molecular formula is C21H33N5OS. The van der Waals surface area contributed by atoms with Gasteiger partial charge in [-0.25, -0.2) is 4.98 Å². The smallest absolute Gasteiger partial charge is 0.272 e. The maximum absolute atomic E-state index is 13.0. The van der Waals surface area contributed by atoms with Crippen LogP contribution in [0.25, 0.3) is 0 Å². The molecule has 3 rings (SSSR count). The average molecular weight is 404 g/mol. The molecule has 0 aliphatic carbocycles. The highest BCUT2D eigenvalue weighted by Crippen LogP contribution is 2.26. The van der Waals surface area contributed by atoms with Crippen molar-refractivity contribution in [3.63, 3.8) is 0 Å². The molecule has 0 unspecified atom stereocenters. The topological polar surface area (TPSA) is 54.3 Å². The monoisotopic (exact) mass is 403 g/mol. The molecule has 0 N–H and O–H groups in total. The maximum Gasteiger partial charge on any atom is 0.272 e. The van der Waals surface area contributed by atoms with Crippen molar-refractivity contribution in [2.24, 2.45) is 7.05 Å². The van der Waals surface area contributed by atoms with E-state index < -0.39 is 0 Å². The van der Waals surface area contributed by atoms with Crippen LogP contribution in [0.2, 0.25) is 0 Å². The van der Waals surface area contributed by atoms with Crippen LogP contribution in [0.4, 0.5) is 0 Å². The number of hydrogen-bond acceptors (Lipinski definition) is 5. The molecule has 1 saturated heterocycles. The predicted molar refractivity (Wildman–Crippen MR) is 114 cm³/mol. The zero-order valence-corrected chi connectivity index (χ0v) is 19.1. The van der Waals surface area contributed by atoms with Gasteiger partial charge in [0.1, 0.15) is 5.69 Å². The first-order valence-electron chi connectivity index (χ1n) is 9.96. The Labute approximate surface area is 172 Å². The second kappa shape index (κ2) is 7.59. The summed E-state index contributed by atoms with van der Waals surface area (Å²) in [4.78, 5) is 22.1. The highest BCUT2D eigenvalue weighted by Gasteiger charge is 2.27. The number of carbonyl (C=O) groups excluding carboxylic acids is 1. The molecule has 0 spiro atoms. The van der Waals surface area contributed by atoms with E-state index in [9.17, 15) is 4.79 Å². The number of aromatic nitrogens is 3. The standard InChI is InChI=1S/C21H33N5OS/c1-20(2,3)17-12-16(24(7)23-17)18(27)26-10-8-25(9-11-26)13-15-14-28-19(22-15)21(4,5)6/h12,14H,8-11,13H2,1-7H3. The number of aryl methyl sites for hydroxylation is 1. The molecule has 2 aromatic heterocycles. The van der Waals surface area contributed by atoms with E-state index in [0.717, 1.165) is 44.1 Å². The lowest BCUT2D eigenvalue weighted by Gasteiger charge is -2.34. The van der Waals surface area contributed by atoms with Crippen LogP contribution in [-0.4, -0.2) is 56.7 Å². The third-order valence-corrected chi connectivity index (χ3v) is 6.42. The van der Waals surface area contributed by atoms with Crippen LogP contribution in [-0.2, 0) is 24.4 Å². The van der Waals surface area contributed by atoms with Gasteiger partial charge in [-0.1, -0.05) is 41.5 Å². The van der Waals surface area contributed by atoms with Crippen molar-refractivity contribution in [2.75, 3.05) is 26.2 Å². The Morgan fingerprint density at radius 1 is 1.07 bits per heavy atom. The van der Waals surface area contributed by atoms with E-state index in [-0.39, 0.29) is 16.7 Å². The lowest BCUT2D eigenvalue weighted by atomic mass is 9.92. The fourth-order valence-corrected chi connectivity index (χ4v) is 4.16. The minimum absolute atomic E-state index is 0.0611. The Morgan fingerprint density at radius 2 is 1.71 bits per heavy atom. The second-order valence-corrected chi connectivity index (χ2v) is 10.6. The van der Waals surface area contributed by atoms with E-state index in [1.54, 1.807) is 16.0 Å². The average Bonchev–Trinajstić information content (AvgIpc) is 3.21. The third-order valence-electron chi connectivity index (χ3n) is 5.11. The van der Waals surface area contributed by atoms with Crippen LogP contribution in [0.3, 0.4) is 0 Å². The van der Waals surface area contributed by atoms with Gasteiger partial charge >= 0.3 is 0 Å². The molecule has 2 aromatic rings. The quantitative estimate of drug-likeness (QED) is 0.788. The normalized spacial score (nSPS) is 16.6. The fourth-order valence-electron chi connectivity index (χ4n) is 3.26. The zero-order chi connectivity index (χ0) is 20.7. The number of piperazine rings is 1. The van der Waals surface area contributed by atoms with E-state index in [0.29, 0.717) is 5.69 Å². The van der Waals surface area contributed by atoms with E-state index in [1.165, 1.54) is 5.01 Å². The van der Waals surface area contributed by atoms with Crippen molar-refractivity contribution < 1.29 is 4.79 Å². The molecule has 1 aliphatic heterocycles. The lowest BCUT2D eigenvalue weighted by Crippen LogP contribution is -2.48. The number of thiazole rings is 1. The molecule has 0 saturated carbocycles. The Kier molecular flexibility index (Phi) is 5.69. The number of nitrogens with zero attached hydrogens (tertiary/aromatic N) is 5. The van der Waals surface area contributed by atoms with Gasteiger partial charge in [-0.3, -0.25) is 14.4 Å². The SMILES string of the molecule is Cn1nc(C(C)(C)C)cc1C(=O)N1CCN(Cc2csc(C(C)(C)C)n2)CC1. The summed E-state index contributed by atoms with van der Waals surface area (Å²) in [6.07, 6.45) is 0. The summed E-state index contributed by atoms with van der Waals surface area (Å²) in [5.41, 5.74) is 2.80. The summed E-state index contributed by atoms with van der Waals surface area (Å²) >= 11 is 1.74. The van der Waals surface area contributed by atoms with Crippen LogP contribution in [0, 0.1) is 0 Å². The van der Waals surface area contributed by atoms with Gasteiger partial charge in [-0.15, -0.1) is 11.3 Å². The number of carbonyl (C=O) groups is 1. The summed E-state index contributed by atoms with van der Waals surface area (Å²) in [6, 6.07) is 1.94. The van der Waals surface area contributed by atoms with Crippen molar-refractivity contribution in [3.05, 3.63) is 33.5 Å². The van der Waals surface area contributed by atoms with Gasteiger partial charge in [0.15, 0.2) is 0 Å². The van der Waals surface area contributed by atoms with Crippen LogP contribution in [0.1, 0.15) is 68.4 Å². The van der Waals surface area contributed by atoms with E-state index in [2.05, 4.69) is 56.9 Å². The van der Waals surface area contributed by atoms with E-state index in [1.807, 2.05) is 18.0 Å². The Balaban J connectivity index is 1.59. The molecule has 1 aliphatic rings. The molecule has 0 bridgehead atoms. The Bertz CT molecular complexity index is 832. The van der Waals surface area contributed by atoms with Gasteiger partial charge in [-0.05, 0) is 6.07 Å². The first-order chi connectivity index (χ1) is 12.9. The Hall–Kier alpha value is -1.73.